The van der Waals surface area contributed by atoms with E-state index in [0.717, 1.165) is 37.3 Å². The van der Waals surface area contributed by atoms with Gasteiger partial charge in [0, 0.05) is 23.9 Å². The average molecular weight is 406 g/mol. The van der Waals surface area contributed by atoms with Crippen LogP contribution in [-0.2, 0) is 12.6 Å². The molecule has 0 unspecified atom stereocenters. The van der Waals surface area contributed by atoms with Crippen molar-refractivity contribution in [3.8, 4) is 17.0 Å². The second kappa shape index (κ2) is 7.62. The Morgan fingerprint density at radius 1 is 1.10 bits per heavy atom. The van der Waals surface area contributed by atoms with E-state index in [2.05, 4.69) is 20.5 Å². The van der Waals surface area contributed by atoms with E-state index in [4.69, 9.17) is 0 Å². The molecule has 29 heavy (non-hydrogen) atoms. The summed E-state index contributed by atoms with van der Waals surface area (Å²) in [4.78, 5) is 4.29. The van der Waals surface area contributed by atoms with Crippen molar-refractivity contribution in [2.24, 2.45) is 4.99 Å². The van der Waals surface area contributed by atoms with Gasteiger partial charge in [0.25, 0.3) is 0 Å². The highest BCUT2D eigenvalue weighted by Crippen LogP contribution is 2.38. The molecule has 9 heteroatoms. The van der Waals surface area contributed by atoms with Crippen molar-refractivity contribution in [2.45, 2.75) is 50.4 Å². The van der Waals surface area contributed by atoms with Gasteiger partial charge in [0.2, 0.25) is 0 Å². The Labute approximate surface area is 165 Å². The smallest absolute Gasteiger partial charge is 0.416 e. The number of anilines is 1. The van der Waals surface area contributed by atoms with Gasteiger partial charge in [-0.2, -0.15) is 13.2 Å². The quantitative estimate of drug-likeness (QED) is 0.725. The van der Waals surface area contributed by atoms with Gasteiger partial charge in [-0.3, -0.25) is 4.99 Å². The molecule has 1 aromatic heterocycles. The number of nitrogens with zero attached hydrogens (tertiary/aromatic N) is 3. The Balaban J connectivity index is 1.72. The Morgan fingerprint density at radius 3 is 2.62 bits per heavy atom. The fourth-order valence-electron chi connectivity index (χ4n) is 3.90. The molecule has 1 aliphatic carbocycles. The third-order valence-corrected chi connectivity index (χ3v) is 5.46. The summed E-state index contributed by atoms with van der Waals surface area (Å²) in [7, 11) is 0. The van der Waals surface area contributed by atoms with Crippen LogP contribution in [0.2, 0.25) is 0 Å². The van der Waals surface area contributed by atoms with Gasteiger partial charge in [-0.25, -0.2) is 0 Å². The maximum atomic E-state index is 12.9. The summed E-state index contributed by atoms with van der Waals surface area (Å²) >= 11 is 0. The zero-order chi connectivity index (χ0) is 20.6. The number of rotatable bonds is 3. The standard InChI is InChI=1S/C20H21F3N4O2/c21-20(22,23)11-5-6-13(17(29)9-11)18-12-7-8-24-10-14(12)19(27-26-18)25-15-3-1-2-4-16(15)28/h5-6,9-10,15-16,28-29H,1-4,7-8H2,(H,25,27)/t15-,16-/m1/s1. The highest BCUT2D eigenvalue weighted by atomic mass is 19.4. The van der Waals surface area contributed by atoms with Gasteiger partial charge in [0.1, 0.15) is 11.4 Å². The molecule has 6 nitrogen and oxygen atoms in total. The van der Waals surface area contributed by atoms with Crippen molar-refractivity contribution in [1.29, 1.82) is 0 Å². The van der Waals surface area contributed by atoms with Crippen molar-refractivity contribution < 1.29 is 23.4 Å². The molecule has 2 heterocycles. The normalized spacial score (nSPS) is 21.7. The molecule has 0 spiro atoms. The zero-order valence-electron chi connectivity index (χ0n) is 15.6. The molecular weight excluding hydrogens is 385 g/mol. The molecule has 0 amide bonds. The number of phenols is 1. The third kappa shape index (κ3) is 3.91. The number of aliphatic imine (C=N–C) groups is 1. The number of aliphatic hydroxyl groups is 1. The van der Waals surface area contributed by atoms with Crippen LogP contribution in [0.25, 0.3) is 11.3 Å². The van der Waals surface area contributed by atoms with E-state index in [1.807, 2.05) is 0 Å². The van der Waals surface area contributed by atoms with Crippen molar-refractivity contribution in [3.63, 3.8) is 0 Å². The number of fused-ring (bicyclic) bond motifs is 1. The Bertz CT molecular complexity index is 946. The molecular formula is C20H21F3N4O2. The minimum absolute atomic E-state index is 0.136. The topological polar surface area (TPSA) is 90.6 Å². The third-order valence-electron chi connectivity index (χ3n) is 5.46. The van der Waals surface area contributed by atoms with Crippen LogP contribution >= 0.6 is 0 Å². The summed E-state index contributed by atoms with van der Waals surface area (Å²) in [5.41, 5.74) is 1.07. The number of benzene rings is 1. The molecule has 0 radical (unpaired) electrons. The summed E-state index contributed by atoms with van der Waals surface area (Å²) in [5.74, 6) is -0.00759. The number of halogens is 3. The van der Waals surface area contributed by atoms with Gasteiger partial charge in [0.05, 0.1) is 17.7 Å². The van der Waals surface area contributed by atoms with Gasteiger partial charge in [0.15, 0.2) is 5.82 Å². The maximum absolute atomic E-state index is 12.9. The first kappa shape index (κ1) is 19.6. The average Bonchev–Trinajstić information content (AvgIpc) is 2.69. The Hall–Kier alpha value is -2.68. The molecule has 2 aliphatic rings. The first-order chi connectivity index (χ1) is 13.8. The maximum Gasteiger partial charge on any atom is 0.416 e. The van der Waals surface area contributed by atoms with Crippen LogP contribution in [0.3, 0.4) is 0 Å². The zero-order valence-corrected chi connectivity index (χ0v) is 15.6. The molecule has 1 aromatic carbocycles. The van der Waals surface area contributed by atoms with E-state index >= 15 is 0 Å². The fraction of sp³-hybridized carbons (Fsp3) is 0.450. The highest BCUT2D eigenvalue weighted by Gasteiger charge is 2.32. The first-order valence-electron chi connectivity index (χ1n) is 9.59. The number of hydrogen-bond donors (Lipinski definition) is 3. The summed E-state index contributed by atoms with van der Waals surface area (Å²) in [6.07, 6.45) is 0.708. The lowest BCUT2D eigenvalue weighted by atomic mass is 9.92. The number of alkyl halides is 3. The lowest BCUT2D eigenvalue weighted by Gasteiger charge is -2.29. The number of aromatic nitrogens is 2. The van der Waals surface area contributed by atoms with Crippen LogP contribution in [0, 0.1) is 0 Å². The van der Waals surface area contributed by atoms with Crippen LogP contribution < -0.4 is 5.32 Å². The second-order valence-electron chi connectivity index (χ2n) is 7.41. The minimum atomic E-state index is -4.54. The predicted molar refractivity (Wildman–Crippen MR) is 102 cm³/mol. The molecule has 0 saturated heterocycles. The second-order valence-corrected chi connectivity index (χ2v) is 7.41. The van der Waals surface area contributed by atoms with Crippen LogP contribution in [0.4, 0.5) is 19.0 Å². The number of aromatic hydroxyl groups is 1. The summed E-state index contributed by atoms with van der Waals surface area (Å²) in [6.45, 7) is 0.512. The molecule has 2 atom stereocenters. The summed E-state index contributed by atoms with van der Waals surface area (Å²) in [6, 6.07) is 2.70. The number of nitrogens with one attached hydrogen (secondary N) is 1. The van der Waals surface area contributed by atoms with Crippen molar-refractivity contribution in [1.82, 2.24) is 10.2 Å². The summed E-state index contributed by atoms with van der Waals surface area (Å²) in [5, 5.41) is 32.1. The monoisotopic (exact) mass is 406 g/mol. The van der Waals surface area contributed by atoms with E-state index in [9.17, 15) is 23.4 Å². The largest absolute Gasteiger partial charge is 0.507 e. The molecule has 2 aromatic rings. The molecule has 1 fully saturated rings. The summed E-state index contributed by atoms with van der Waals surface area (Å²) < 4.78 is 38.7. The molecule has 1 aliphatic heterocycles. The van der Waals surface area contributed by atoms with Gasteiger partial charge in [-0.05, 0) is 43.0 Å². The van der Waals surface area contributed by atoms with E-state index in [1.54, 1.807) is 6.21 Å². The molecule has 154 valence electrons. The van der Waals surface area contributed by atoms with Gasteiger partial charge >= 0.3 is 6.18 Å². The van der Waals surface area contributed by atoms with Crippen LogP contribution in [0.15, 0.2) is 23.2 Å². The van der Waals surface area contributed by atoms with E-state index < -0.39 is 23.6 Å². The number of hydrogen-bond acceptors (Lipinski definition) is 6. The van der Waals surface area contributed by atoms with Gasteiger partial charge in [-0.15, -0.1) is 10.2 Å². The van der Waals surface area contributed by atoms with Crippen LogP contribution in [0.1, 0.15) is 42.4 Å². The Kier molecular flexibility index (Phi) is 5.16. The van der Waals surface area contributed by atoms with Crippen molar-refractivity contribution >= 4 is 12.0 Å². The van der Waals surface area contributed by atoms with Crippen LogP contribution in [-0.4, -0.2) is 45.3 Å². The molecule has 4 rings (SSSR count). The minimum Gasteiger partial charge on any atom is -0.507 e. The molecule has 0 bridgehead atoms. The first-order valence-corrected chi connectivity index (χ1v) is 9.59. The van der Waals surface area contributed by atoms with Crippen molar-refractivity contribution in [3.05, 3.63) is 34.9 Å². The van der Waals surface area contributed by atoms with E-state index in [1.165, 1.54) is 6.07 Å². The van der Waals surface area contributed by atoms with Crippen molar-refractivity contribution in [2.75, 3.05) is 11.9 Å². The van der Waals surface area contributed by atoms with Gasteiger partial charge in [-0.1, -0.05) is 12.8 Å². The van der Waals surface area contributed by atoms with Gasteiger partial charge < -0.3 is 15.5 Å². The predicted octanol–water partition coefficient (Wildman–Crippen LogP) is 3.56. The van der Waals surface area contributed by atoms with E-state index in [-0.39, 0.29) is 11.6 Å². The Morgan fingerprint density at radius 2 is 1.90 bits per heavy atom. The molecule has 1 saturated carbocycles. The fourth-order valence-corrected chi connectivity index (χ4v) is 3.90. The number of aliphatic hydroxyl groups excluding tert-OH is 1. The number of phenolic OH excluding ortho intramolecular Hbond substituents is 1. The van der Waals surface area contributed by atoms with E-state index in [0.29, 0.717) is 36.1 Å². The lowest BCUT2D eigenvalue weighted by molar-refractivity contribution is -0.137. The molecule has 3 N–H and O–H groups in total. The van der Waals surface area contributed by atoms with Crippen LogP contribution in [0.5, 0.6) is 5.75 Å². The highest BCUT2D eigenvalue weighted by molar-refractivity contribution is 5.92. The SMILES string of the molecule is Oc1cc(C(F)(F)F)ccc1-c1nnc(N[C@@H]2CCCC[C@H]2O)c2c1CCN=C2. The lowest BCUT2D eigenvalue weighted by Crippen LogP contribution is -2.37.